The van der Waals surface area contributed by atoms with Crippen LogP contribution in [0, 0.1) is 5.82 Å². The maximum atomic E-state index is 13.5. The van der Waals surface area contributed by atoms with Crippen LogP contribution in [0.2, 0.25) is 0 Å². The van der Waals surface area contributed by atoms with Crippen molar-refractivity contribution in [2.45, 2.75) is 13.0 Å². The second kappa shape index (κ2) is 8.26. The number of amides is 1. The lowest BCUT2D eigenvalue weighted by atomic mass is 10.2. The van der Waals surface area contributed by atoms with Crippen LogP contribution in [-0.4, -0.2) is 40.8 Å². The number of nitrogens with one attached hydrogen (secondary N) is 1. The molecule has 2 aromatic carbocycles. The monoisotopic (exact) mass is 396 g/mol. The number of ether oxygens (including phenoxy) is 2. The highest BCUT2D eigenvalue weighted by molar-refractivity contribution is 7.92. The molecule has 0 radical (unpaired) electrons. The molecule has 27 heavy (non-hydrogen) atoms. The zero-order valence-corrected chi connectivity index (χ0v) is 16.2. The van der Waals surface area contributed by atoms with Gasteiger partial charge in [0.2, 0.25) is 15.9 Å². The SMILES string of the molecule is COc1ccc(NC(=O)[C@H](C)N(c2cccc(F)c2)S(C)(=O)=O)c(OC)c1. The van der Waals surface area contributed by atoms with Crippen molar-refractivity contribution in [2.24, 2.45) is 0 Å². The normalized spacial score (nSPS) is 12.2. The molecule has 0 fully saturated rings. The van der Waals surface area contributed by atoms with Crippen molar-refractivity contribution >= 4 is 27.3 Å². The number of hydrogen-bond donors (Lipinski definition) is 1. The topological polar surface area (TPSA) is 84.9 Å². The van der Waals surface area contributed by atoms with Crippen LogP contribution >= 0.6 is 0 Å². The fraction of sp³-hybridized carbons (Fsp3) is 0.278. The van der Waals surface area contributed by atoms with Gasteiger partial charge in [0, 0.05) is 6.07 Å². The zero-order valence-electron chi connectivity index (χ0n) is 15.4. The van der Waals surface area contributed by atoms with E-state index in [0.717, 1.165) is 16.6 Å². The third kappa shape index (κ3) is 4.88. The minimum Gasteiger partial charge on any atom is -0.497 e. The molecule has 1 atom stereocenters. The molecule has 0 bridgehead atoms. The lowest BCUT2D eigenvalue weighted by Gasteiger charge is -2.28. The summed E-state index contributed by atoms with van der Waals surface area (Å²) in [4.78, 5) is 12.7. The molecule has 9 heteroatoms. The lowest BCUT2D eigenvalue weighted by molar-refractivity contribution is -0.116. The molecule has 0 unspecified atom stereocenters. The minimum atomic E-state index is -3.84. The van der Waals surface area contributed by atoms with Gasteiger partial charge in [-0.2, -0.15) is 0 Å². The summed E-state index contributed by atoms with van der Waals surface area (Å²) in [5.41, 5.74) is 0.407. The summed E-state index contributed by atoms with van der Waals surface area (Å²) in [6.07, 6.45) is 0.954. The van der Waals surface area contributed by atoms with Crippen LogP contribution in [-0.2, 0) is 14.8 Å². The van der Waals surface area contributed by atoms with Gasteiger partial charge in [-0.25, -0.2) is 12.8 Å². The Morgan fingerprint density at radius 2 is 1.85 bits per heavy atom. The van der Waals surface area contributed by atoms with E-state index in [4.69, 9.17) is 9.47 Å². The van der Waals surface area contributed by atoms with Crippen molar-refractivity contribution in [3.63, 3.8) is 0 Å². The smallest absolute Gasteiger partial charge is 0.248 e. The summed E-state index contributed by atoms with van der Waals surface area (Å²) in [6.45, 7) is 1.41. The number of anilines is 2. The largest absolute Gasteiger partial charge is 0.497 e. The number of rotatable bonds is 7. The predicted molar refractivity (Wildman–Crippen MR) is 101 cm³/mol. The summed E-state index contributed by atoms with van der Waals surface area (Å²) in [5.74, 6) is -0.319. The molecule has 2 aromatic rings. The third-order valence-electron chi connectivity index (χ3n) is 3.82. The van der Waals surface area contributed by atoms with E-state index in [0.29, 0.717) is 17.2 Å². The van der Waals surface area contributed by atoms with Gasteiger partial charge in [0.15, 0.2) is 0 Å². The second-order valence-corrected chi connectivity index (χ2v) is 7.63. The number of carbonyl (C=O) groups excluding carboxylic acids is 1. The fourth-order valence-corrected chi connectivity index (χ4v) is 3.73. The van der Waals surface area contributed by atoms with E-state index in [2.05, 4.69) is 5.32 Å². The Morgan fingerprint density at radius 1 is 1.15 bits per heavy atom. The molecule has 7 nitrogen and oxygen atoms in total. The summed E-state index contributed by atoms with van der Waals surface area (Å²) in [6, 6.07) is 8.70. The molecule has 146 valence electrons. The Morgan fingerprint density at radius 3 is 2.41 bits per heavy atom. The van der Waals surface area contributed by atoms with Crippen molar-refractivity contribution in [1.29, 1.82) is 0 Å². The van der Waals surface area contributed by atoms with Crippen LogP contribution in [0.25, 0.3) is 0 Å². The molecule has 0 aromatic heterocycles. The van der Waals surface area contributed by atoms with Gasteiger partial charge in [0.1, 0.15) is 23.4 Å². The Hall–Kier alpha value is -2.81. The van der Waals surface area contributed by atoms with Crippen LogP contribution in [0.5, 0.6) is 11.5 Å². The highest BCUT2D eigenvalue weighted by atomic mass is 32.2. The fourth-order valence-electron chi connectivity index (χ4n) is 2.56. The number of methoxy groups -OCH3 is 2. The van der Waals surface area contributed by atoms with Crippen LogP contribution in [0.1, 0.15) is 6.92 Å². The summed E-state index contributed by atoms with van der Waals surface area (Å²) < 4.78 is 49.2. The molecule has 1 N–H and O–H groups in total. The highest BCUT2D eigenvalue weighted by Crippen LogP contribution is 2.30. The first-order valence-electron chi connectivity index (χ1n) is 7.95. The van der Waals surface area contributed by atoms with E-state index in [1.807, 2.05) is 0 Å². The third-order valence-corrected chi connectivity index (χ3v) is 5.06. The zero-order chi connectivity index (χ0) is 20.2. The number of hydrogen-bond acceptors (Lipinski definition) is 5. The molecule has 0 spiro atoms. The average Bonchev–Trinajstić information content (AvgIpc) is 2.60. The van der Waals surface area contributed by atoms with E-state index in [1.165, 1.54) is 39.3 Å². The van der Waals surface area contributed by atoms with Crippen LogP contribution < -0.4 is 19.1 Å². The molecule has 0 heterocycles. The Bertz CT molecular complexity index is 933. The first-order chi connectivity index (χ1) is 12.7. The molecule has 0 aliphatic rings. The van der Waals surface area contributed by atoms with Crippen LogP contribution in [0.15, 0.2) is 42.5 Å². The summed E-state index contributed by atoms with van der Waals surface area (Å²) in [7, 11) is -0.911. The number of benzene rings is 2. The molecule has 0 saturated heterocycles. The Labute approximate surface area is 157 Å². The maximum absolute atomic E-state index is 13.5. The minimum absolute atomic E-state index is 0.0573. The molecular formula is C18H21FN2O5S. The van der Waals surface area contributed by atoms with Gasteiger partial charge in [-0.05, 0) is 37.3 Å². The first kappa shape index (κ1) is 20.5. The molecule has 0 saturated carbocycles. The molecule has 0 aliphatic heterocycles. The number of carbonyl (C=O) groups is 1. The Kier molecular flexibility index (Phi) is 6.27. The van der Waals surface area contributed by atoms with Crippen molar-refractivity contribution in [1.82, 2.24) is 0 Å². The van der Waals surface area contributed by atoms with Crippen LogP contribution in [0.3, 0.4) is 0 Å². The number of sulfonamides is 1. The molecule has 1 amide bonds. The van der Waals surface area contributed by atoms with Crippen molar-refractivity contribution < 1.29 is 27.1 Å². The lowest BCUT2D eigenvalue weighted by Crippen LogP contribution is -2.45. The number of halogens is 1. The maximum Gasteiger partial charge on any atom is 0.248 e. The van der Waals surface area contributed by atoms with E-state index < -0.39 is 27.8 Å². The van der Waals surface area contributed by atoms with Gasteiger partial charge in [-0.15, -0.1) is 0 Å². The molecule has 0 aliphatic carbocycles. The van der Waals surface area contributed by atoms with Crippen molar-refractivity contribution in [2.75, 3.05) is 30.1 Å². The average molecular weight is 396 g/mol. The highest BCUT2D eigenvalue weighted by Gasteiger charge is 2.29. The van der Waals surface area contributed by atoms with E-state index in [-0.39, 0.29) is 5.69 Å². The molecular weight excluding hydrogens is 375 g/mol. The first-order valence-corrected chi connectivity index (χ1v) is 9.80. The van der Waals surface area contributed by atoms with Gasteiger partial charge in [0.25, 0.3) is 0 Å². The van der Waals surface area contributed by atoms with E-state index in [1.54, 1.807) is 18.2 Å². The van der Waals surface area contributed by atoms with Gasteiger partial charge < -0.3 is 14.8 Å². The van der Waals surface area contributed by atoms with Gasteiger partial charge in [0.05, 0.1) is 31.9 Å². The van der Waals surface area contributed by atoms with Crippen molar-refractivity contribution in [3.8, 4) is 11.5 Å². The van der Waals surface area contributed by atoms with Gasteiger partial charge in [-0.1, -0.05) is 6.07 Å². The summed E-state index contributed by atoms with van der Waals surface area (Å²) in [5, 5.41) is 2.63. The van der Waals surface area contributed by atoms with Crippen molar-refractivity contribution in [3.05, 3.63) is 48.3 Å². The van der Waals surface area contributed by atoms with E-state index >= 15 is 0 Å². The standard InChI is InChI=1S/C18H21FN2O5S/c1-12(21(27(4,23)24)14-7-5-6-13(19)10-14)18(22)20-16-9-8-15(25-2)11-17(16)26-3/h5-12H,1-4H3,(H,20,22)/t12-/m0/s1. The number of nitrogens with zero attached hydrogens (tertiary/aromatic N) is 1. The van der Waals surface area contributed by atoms with Crippen LogP contribution in [0.4, 0.5) is 15.8 Å². The van der Waals surface area contributed by atoms with E-state index in [9.17, 15) is 17.6 Å². The summed E-state index contributed by atoms with van der Waals surface area (Å²) >= 11 is 0. The van der Waals surface area contributed by atoms with Gasteiger partial charge in [-0.3, -0.25) is 9.10 Å². The quantitative estimate of drug-likeness (QED) is 0.778. The molecule has 2 rings (SSSR count). The Balaban J connectivity index is 2.33. The second-order valence-electron chi connectivity index (χ2n) is 5.77. The predicted octanol–water partition coefficient (Wildman–Crippen LogP) is 2.64. The van der Waals surface area contributed by atoms with Gasteiger partial charge >= 0.3 is 0 Å².